The molecule has 6 heteroatoms. The number of oxime groups is 1. The third-order valence-electron chi connectivity index (χ3n) is 2.93. The molecular formula is C11H21N3O3. The SMILES string of the molecule is CCN(CC/C(N)=N/O)C(=O)CC1CCCO1. The number of nitrogens with zero attached hydrogens (tertiary/aromatic N) is 2. The highest BCUT2D eigenvalue weighted by molar-refractivity contribution is 5.81. The van der Waals surface area contributed by atoms with Gasteiger partial charge in [-0.1, -0.05) is 5.16 Å². The Morgan fingerprint density at radius 1 is 1.65 bits per heavy atom. The Hall–Kier alpha value is -1.30. The van der Waals surface area contributed by atoms with Gasteiger partial charge in [-0.05, 0) is 19.8 Å². The van der Waals surface area contributed by atoms with Crippen LogP contribution in [0.15, 0.2) is 5.16 Å². The van der Waals surface area contributed by atoms with Crippen molar-refractivity contribution in [3.63, 3.8) is 0 Å². The average molecular weight is 243 g/mol. The molecule has 0 aromatic carbocycles. The van der Waals surface area contributed by atoms with E-state index in [4.69, 9.17) is 15.7 Å². The minimum Gasteiger partial charge on any atom is -0.409 e. The van der Waals surface area contributed by atoms with Gasteiger partial charge < -0.3 is 20.6 Å². The van der Waals surface area contributed by atoms with Crippen molar-refractivity contribution < 1.29 is 14.7 Å². The van der Waals surface area contributed by atoms with Crippen molar-refractivity contribution in [2.75, 3.05) is 19.7 Å². The molecule has 1 aliphatic rings. The van der Waals surface area contributed by atoms with E-state index in [2.05, 4.69) is 5.16 Å². The van der Waals surface area contributed by atoms with E-state index in [1.807, 2.05) is 6.92 Å². The van der Waals surface area contributed by atoms with E-state index in [0.29, 0.717) is 25.9 Å². The van der Waals surface area contributed by atoms with E-state index in [1.165, 1.54) is 0 Å². The molecule has 0 bridgehead atoms. The maximum absolute atomic E-state index is 11.9. The lowest BCUT2D eigenvalue weighted by molar-refractivity contribution is -0.133. The number of carbonyl (C=O) groups is 1. The molecule has 0 aliphatic carbocycles. The maximum atomic E-state index is 11.9. The van der Waals surface area contributed by atoms with Crippen molar-refractivity contribution >= 4 is 11.7 Å². The third kappa shape index (κ3) is 4.60. The van der Waals surface area contributed by atoms with Crippen LogP contribution in [0.2, 0.25) is 0 Å². The lowest BCUT2D eigenvalue weighted by atomic mass is 10.1. The second-order valence-electron chi connectivity index (χ2n) is 4.15. The summed E-state index contributed by atoms with van der Waals surface area (Å²) in [5.41, 5.74) is 5.38. The normalized spacial score (nSPS) is 20.5. The van der Waals surface area contributed by atoms with Crippen LogP contribution in [0.3, 0.4) is 0 Å². The number of carbonyl (C=O) groups excluding carboxylic acids is 1. The van der Waals surface area contributed by atoms with Crippen LogP contribution < -0.4 is 5.73 Å². The molecule has 1 fully saturated rings. The number of nitrogens with two attached hydrogens (primary N) is 1. The highest BCUT2D eigenvalue weighted by Crippen LogP contribution is 2.16. The van der Waals surface area contributed by atoms with E-state index in [9.17, 15) is 4.79 Å². The molecule has 1 aliphatic heterocycles. The number of ether oxygens (including phenoxy) is 1. The van der Waals surface area contributed by atoms with Crippen LogP contribution in [0.25, 0.3) is 0 Å². The topological polar surface area (TPSA) is 88.1 Å². The fourth-order valence-corrected chi connectivity index (χ4v) is 1.89. The standard InChI is InChI=1S/C11H21N3O3/c1-2-14(6-5-10(12)13-16)11(15)8-9-4-3-7-17-9/h9,16H,2-8H2,1H3,(H2,12,13). The molecule has 1 atom stereocenters. The summed E-state index contributed by atoms with van der Waals surface area (Å²) in [6, 6.07) is 0. The van der Waals surface area contributed by atoms with Crippen LogP contribution in [0.1, 0.15) is 32.6 Å². The van der Waals surface area contributed by atoms with Crippen LogP contribution >= 0.6 is 0 Å². The van der Waals surface area contributed by atoms with E-state index in [0.717, 1.165) is 19.4 Å². The predicted molar refractivity (Wildman–Crippen MR) is 63.9 cm³/mol. The second kappa shape index (κ2) is 7.11. The van der Waals surface area contributed by atoms with Gasteiger partial charge in [-0.2, -0.15) is 0 Å². The zero-order valence-corrected chi connectivity index (χ0v) is 10.3. The minimum absolute atomic E-state index is 0.0698. The molecule has 1 heterocycles. The number of amides is 1. The minimum atomic E-state index is 0.0698. The number of hydrogen-bond acceptors (Lipinski definition) is 4. The van der Waals surface area contributed by atoms with Crippen molar-refractivity contribution in [3.8, 4) is 0 Å². The Balaban J connectivity index is 2.34. The zero-order valence-electron chi connectivity index (χ0n) is 10.3. The number of rotatable bonds is 6. The highest BCUT2D eigenvalue weighted by Gasteiger charge is 2.21. The van der Waals surface area contributed by atoms with E-state index < -0.39 is 0 Å². The van der Waals surface area contributed by atoms with E-state index in [1.54, 1.807) is 4.90 Å². The molecule has 0 aromatic rings. The first kappa shape index (κ1) is 13.8. The lowest BCUT2D eigenvalue weighted by Crippen LogP contribution is -2.35. The van der Waals surface area contributed by atoms with Crippen molar-refractivity contribution in [2.24, 2.45) is 10.9 Å². The van der Waals surface area contributed by atoms with Gasteiger partial charge in [0.1, 0.15) is 5.84 Å². The van der Waals surface area contributed by atoms with Gasteiger partial charge in [0.15, 0.2) is 0 Å². The summed E-state index contributed by atoms with van der Waals surface area (Å²) in [5.74, 6) is 0.221. The van der Waals surface area contributed by atoms with Gasteiger partial charge in [0, 0.05) is 26.1 Å². The molecule has 17 heavy (non-hydrogen) atoms. The van der Waals surface area contributed by atoms with E-state index in [-0.39, 0.29) is 17.8 Å². The summed E-state index contributed by atoms with van der Waals surface area (Å²) < 4.78 is 5.43. The molecule has 98 valence electrons. The van der Waals surface area contributed by atoms with E-state index >= 15 is 0 Å². The molecule has 1 rings (SSSR count). The number of amidine groups is 1. The van der Waals surface area contributed by atoms with Crippen LogP contribution in [-0.2, 0) is 9.53 Å². The Kier molecular flexibility index (Phi) is 5.76. The fraction of sp³-hybridized carbons (Fsp3) is 0.818. The molecule has 1 unspecified atom stereocenters. The first-order valence-corrected chi connectivity index (χ1v) is 6.03. The van der Waals surface area contributed by atoms with Crippen LogP contribution in [0, 0.1) is 0 Å². The largest absolute Gasteiger partial charge is 0.409 e. The van der Waals surface area contributed by atoms with Crippen molar-refractivity contribution in [2.45, 2.75) is 38.7 Å². The van der Waals surface area contributed by atoms with Gasteiger partial charge in [0.05, 0.1) is 12.5 Å². The second-order valence-corrected chi connectivity index (χ2v) is 4.15. The van der Waals surface area contributed by atoms with Crippen molar-refractivity contribution in [1.82, 2.24) is 4.90 Å². The fourth-order valence-electron chi connectivity index (χ4n) is 1.89. The molecular weight excluding hydrogens is 222 g/mol. The first-order chi connectivity index (χ1) is 8.17. The molecule has 3 N–H and O–H groups in total. The Morgan fingerprint density at radius 3 is 2.94 bits per heavy atom. The molecule has 1 saturated heterocycles. The van der Waals surface area contributed by atoms with Gasteiger partial charge in [-0.15, -0.1) is 0 Å². The van der Waals surface area contributed by atoms with Gasteiger partial charge in [-0.25, -0.2) is 0 Å². The molecule has 0 radical (unpaired) electrons. The number of hydrogen-bond donors (Lipinski definition) is 2. The third-order valence-corrected chi connectivity index (χ3v) is 2.93. The lowest BCUT2D eigenvalue weighted by Gasteiger charge is -2.22. The predicted octanol–water partition coefficient (Wildman–Crippen LogP) is 0.540. The summed E-state index contributed by atoms with van der Waals surface area (Å²) in [6.07, 6.45) is 2.89. The average Bonchev–Trinajstić information content (AvgIpc) is 2.82. The Morgan fingerprint density at radius 2 is 2.41 bits per heavy atom. The van der Waals surface area contributed by atoms with Crippen LogP contribution in [0.5, 0.6) is 0 Å². The maximum Gasteiger partial charge on any atom is 0.225 e. The van der Waals surface area contributed by atoms with Gasteiger partial charge in [-0.3, -0.25) is 4.79 Å². The molecule has 6 nitrogen and oxygen atoms in total. The summed E-state index contributed by atoms with van der Waals surface area (Å²) in [7, 11) is 0. The monoisotopic (exact) mass is 243 g/mol. The first-order valence-electron chi connectivity index (χ1n) is 6.03. The van der Waals surface area contributed by atoms with Gasteiger partial charge in [0.25, 0.3) is 0 Å². The highest BCUT2D eigenvalue weighted by atomic mass is 16.5. The smallest absolute Gasteiger partial charge is 0.225 e. The van der Waals surface area contributed by atoms with Gasteiger partial charge in [0.2, 0.25) is 5.91 Å². The summed E-state index contributed by atoms with van der Waals surface area (Å²) in [4.78, 5) is 13.6. The Labute approximate surface area is 101 Å². The van der Waals surface area contributed by atoms with Crippen molar-refractivity contribution in [1.29, 1.82) is 0 Å². The van der Waals surface area contributed by atoms with Gasteiger partial charge >= 0.3 is 0 Å². The zero-order chi connectivity index (χ0) is 12.7. The quantitative estimate of drug-likeness (QED) is 0.308. The Bertz CT molecular complexity index is 275. The summed E-state index contributed by atoms with van der Waals surface area (Å²) >= 11 is 0. The van der Waals surface area contributed by atoms with Crippen LogP contribution in [-0.4, -0.2) is 47.7 Å². The molecule has 0 spiro atoms. The van der Waals surface area contributed by atoms with Crippen molar-refractivity contribution in [3.05, 3.63) is 0 Å². The molecule has 1 amide bonds. The molecule has 0 saturated carbocycles. The summed E-state index contributed by atoms with van der Waals surface area (Å²) in [5, 5.41) is 11.3. The molecule has 0 aromatic heterocycles. The van der Waals surface area contributed by atoms with Crippen LogP contribution in [0.4, 0.5) is 0 Å². The summed E-state index contributed by atoms with van der Waals surface area (Å²) in [6.45, 7) is 3.79.